The third kappa shape index (κ3) is 2.40. The van der Waals surface area contributed by atoms with Crippen molar-refractivity contribution in [2.24, 2.45) is 0 Å². The first-order valence-corrected chi connectivity index (χ1v) is 14.2. The fraction of sp³-hybridized carbons (Fsp3) is 0.400. The van der Waals surface area contributed by atoms with Crippen molar-refractivity contribution < 1.29 is 4.74 Å². The molecule has 0 heterocycles. The van der Waals surface area contributed by atoms with Crippen LogP contribution in [0.2, 0.25) is 14.8 Å². The summed E-state index contributed by atoms with van der Waals surface area (Å²) in [4.78, 5) is 7.24. The molecule has 1 aromatic carbocycles. The molecular weight excluding hydrogens is 255 g/mol. The zero-order chi connectivity index (χ0) is 9.19. The molecule has 12 heavy (non-hydrogen) atoms. The third-order valence-electron chi connectivity index (χ3n) is 1.96. The molecule has 66 valence electrons. The molecule has 0 radical (unpaired) electrons. The van der Waals surface area contributed by atoms with Gasteiger partial charge in [0.25, 0.3) is 0 Å². The summed E-state index contributed by atoms with van der Waals surface area (Å²) in [6.45, 7) is 0. The number of ether oxygens (including phenoxy) is 1. The van der Waals surface area contributed by atoms with Crippen LogP contribution in [0.25, 0.3) is 0 Å². The Morgan fingerprint density at radius 3 is 1.83 bits per heavy atom. The summed E-state index contributed by atoms with van der Waals surface area (Å²) in [5, 5.41) is 0. The minimum atomic E-state index is -1.82. The van der Waals surface area contributed by atoms with E-state index in [0.29, 0.717) is 0 Å². The van der Waals surface area contributed by atoms with Gasteiger partial charge in [-0.15, -0.1) is 0 Å². The fourth-order valence-electron chi connectivity index (χ4n) is 1.09. The van der Waals surface area contributed by atoms with Crippen molar-refractivity contribution in [3.8, 4) is 5.75 Å². The number of hydrogen-bond donors (Lipinski definition) is 0. The van der Waals surface area contributed by atoms with Gasteiger partial charge in [-0.25, -0.2) is 0 Å². The van der Waals surface area contributed by atoms with Crippen molar-refractivity contribution >= 4 is 22.0 Å². The summed E-state index contributed by atoms with van der Waals surface area (Å²) >= 11 is -1.82. The third-order valence-corrected chi connectivity index (χ3v) is 7.85. The van der Waals surface area contributed by atoms with E-state index in [1.165, 1.54) is 0 Å². The van der Waals surface area contributed by atoms with Crippen LogP contribution < -0.4 is 8.32 Å². The summed E-state index contributed by atoms with van der Waals surface area (Å²) in [6.07, 6.45) is 0. The van der Waals surface area contributed by atoms with Gasteiger partial charge >= 0.3 is 78.6 Å². The number of methoxy groups -OCH3 is 1. The van der Waals surface area contributed by atoms with Gasteiger partial charge in [0, 0.05) is 0 Å². The van der Waals surface area contributed by atoms with Crippen LogP contribution in [0, 0.1) is 0 Å². The van der Waals surface area contributed by atoms with Gasteiger partial charge in [-0.1, -0.05) is 0 Å². The number of rotatable bonds is 2. The molecule has 0 spiro atoms. The fourth-order valence-corrected chi connectivity index (χ4v) is 4.42. The second-order valence-corrected chi connectivity index (χ2v) is 18.5. The van der Waals surface area contributed by atoms with E-state index >= 15 is 0 Å². The molecule has 0 aliphatic rings. The molecule has 0 bridgehead atoms. The first-order chi connectivity index (χ1) is 5.54. The van der Waals surface area contributed by atoms with Crippen molar-refractivity contribution in [1.82, 2.24) is 0 Å². The van der Waals surface area contributed by atoms with Crippen LogP contribution in [-0.2, 0) is 0 Å². The predicted molar refractivity (Wildman–Crippen MR) is 56.0 cm³/mol. The van der Waals surface area contributed by atoms with Crippen LogP contribution in [-0.4, -0.2) is 25.5 Å². The molecule has 0 aliphatic heterocycles. The van der Waals surface area contributed by atoms with Crippen LogP contribution >= 0.6 is 0 Å². The normalized spacial score (nSPS) is 11.3. The Kier molecular flexibility index (Phi) is 3.04. The van der Waals surface area contributed by atoms with Gasteiger partial charge in [0.2, 0.25) is 0 Å². The van der Waals surface area contributed by atoms with Gasteiger partial charge in [0.05, 0.1) is 0 Å². The Labute approximate surface area is 78.6 Å². The predicted octanol–water partition coefficient (Wildman–Crippen LogP) is 2.24. The molecule has 0 aromatic heterocycles. The molecule has 0 atom stereocenters. The molecule has 0 fully saturated rings. The molecule has 0 saturated carbocycles. The molecule has 0 N–H and O–H groups in total. The van der Waals surface area contributed by atoms with Crippen LogP contribution in [0.3, 0.4) is 0 Å². The molecule has 0 amide bonds. The van der Waals surface area contributed by atoms with Gasteiger partial charge in [-0.2, -0.15) is 0 Å². The Hall–Kier alpha value is -0.181. The molecule has 0 saturated heterocycles. The summed E-state index contributed by atoms with van der Waals surface area (Å²) in [5.41, 5.74) is 0. The molecule has 1 nitrogen and oxygen atoms in total. The second kappa shape index (κ2) is 3.69. The molecule has 0 unspecified atom stereocenters. The van der Waals surface area contributed by atoms with Gasteiger partial charge in [0.15, 0.2) is 0 Å². The van der Waals surface area contributed by atoms with E-state index in [9.17, 15) is 0 Å². The van der Waals surface area contributed by atoms with E-state index in [-0.39, 0.29) is 0 Å². The van der Waals surface area contributed by atoms with Crippen LogP contribution in [0.15, 0.2) is 24.3 Å². The monoisotopic (exact) mass is 272 g/mol. The van der Waals surface area contributed by atoms with E-state index in [2.05, 4.69) is 39.1 Å². The van der Waals surface area contributed by atoms with Crippen molar-refractivity contribution in [3.05, 3.63) is 24.3 Å². The average molecular weight is 271 g/mol. The van der Waals surface area contributed by atoms with Crippen molar-refractivity contribution in [3.63, 3.8) is 0 Å². The second-order valence-electron chi connectivity index (χ2n) is 3.98. The van der Waals surface area contributed by atoms with Crippen LogP contribution in [0.5, 0.6) is 5.75 Å². The standard InChI is InChI=1S/C7H7O.3CH3.Sn/c1-8-7-5-3-2-4-6-7;;;;/h3-6H,1H3;3*1H3;. The van der Waals surface area contributed by atoms with Crippen molar-refractivity contribution in [1.29, 1.82) is 0 Å². The van der Waals surface area contributed by atoms with E-state index in [1.54, 1.807) is 10.7 Å². The topological polar surface area (TPSA) is 9.23 Å². The maximum absolute atomic E-state index is 5.11. The van der Waals surface area contributed by atoms with Gasteiger partial charge in [0.1, 0.15) is 0 Å². The minimum absolute atomic E-state index is 0.953. The Morgan fingerprint density at radius 1 is 1.00 bits per heavy atom. The zero-order valence-corrected chi connectivity index (χ0v) is 11.1. The van der Waals surface area contributed by atoms with E-state index in [1.807, 2.05) is 0 Å². The SMILES string of the molecule is COc1cc[c]([Sn]([CH3])([CH3])[CH3])cc1. The van der Waals surface area contributed by atoms with Crippen LogP contribution in [0.1, 0.15) is 0 Å². The summed E-state index contributed by atoms with van der Waals surface area (Å²) < 4.78 is 6.65. The van der Waals surface area contributed by atoms with Crippen molar-refractivity contribution in [2.45, 2.75) is 14.8 Å². The molecular formula is C10H16OSn. The molecule has 1 aromatic rings. The molecule has 0 aliphatic carbocycles. The van der Waals surface area contributed by atoms with E-state index in [4.69, 9.17) is 4.74 Å². The van der Waals surface area contributed by atoms with E-state index in [0.717, 1.165) is 5.75 Å². The quantitative estimate of drug-likeness (QED) is 0.749. The van der Waals surface area contributed by atoms with Crippen LogP contribution in [0.4, 0.5) is 0 Å². The Balaban J connectivity index is 2.93. The number of benzene rings is 1. The first-order valence-electron chi connectivity index (χ1n) is 4.18. The number of hydrogen-bond acceptors (Lipinski definition) is 1. The average Bonchev–Trinajstić information content (AvgIpc) is 2.03. The van der Waals surface area contributed by atoms with Gasteiger partial charge in [-0.05, 0) is 0 Å². The zero-order valence-electron chi connectivity index (χ0n) is 8.22. The van der Waals surface area contributed by atoms with E-state index < -0.39 is 18.4 Å². The molecule has 1 rings (SSSR count). The van der Waals surface area contributed by atoms with Crippen molar-refractivity contribution in [2.75, 3.05) is 7.11 Å². The summed E-state index contributed by atoms with van der Waals surface area (Å²) in [7, 11) is 1.70. The Bertz CT molecular complexity index is 246. The molecule has 2 heteroatoms. The maximum atomic E-state index is 5.11. The van der Waals surface area contributed by atoms with Gasteiger partial charge < -0.3 is 0 Å². The Morgan fingerprint density at radius 2 is 1.50 bits per heavy atom. The summed E-state index contributed by atoms with van der Waals surface area (Å²) in [6, 6.07) is 8.51. The van der Waals surface area contributed by atoms with Gasteiger partial charge in [-0.3, -0.25) is 0 Å². The summed E-state index contributed by atoms with van der Waals surface area (Å²) in [5.74, 6) is 0.953. The first kappa shape index (κ1) is 9.90.